The molecular weight excluding hydrogens is 164 g/mol. The Hall–Kier alpha value is -0.930. The molecule has 1 aliphatic rings. The van der Waals surface area contributed by atoms with Crippen LogP contribution in [0.5, 0.6) is 0 Å². The summed E-state index contributed by atoms with van der Waals surface area (Å²) in [6.45, 7) is 2.34. The third-order valence-electron chi connectivity index (χ3n) is 3.00. The van der Waals surface area contributed by atoms with Gasteiger partial charge in [-0.2, -0.15) is 5.21 Å². The molecule has 1 aromatic heterocycles. The normalized spacial score (nSPS) is 29.0. The van der Waals surface area contributed by atoms with Gasteiger partial charge in [0.15, 0.2) is 5.82 Å². The number of rotatable bonds is 2. The maximum Gasteiger partial charge on any atom is 0.174 e. The monoisotopic (exact) mass is 180 g/mol. The average molecular weight is 180 g/mol. The number of aromatic amines is 1. The number of nitrogens with zero attached hydrogens (tertiary/aromatic N) is 3. The lowest BCUT2D eigenvalue weighted by molar-refractivity contribution is 0.286. The summed E-state index contributed by atoms with van der Waals surface area (Å²) in [6, 6.07) is 0. The van der Waals surface area contributed by atoms with Crippen molar-refractivity contribution in [3.05, 3.63) is 5.82 Å². The molecule has 4 heteroatoms. The lowest BCUT2D eigenvalue weighted by atomic mass is 9.81. The van der Waals surface area contributed by atoms with Crippen LogP contribution in [0.15, 0.2) is 0 Å². The van der Waals surface area contributed by atoms with Gasteiger partial charge in [0.25, 0.3) is 0 Å². The standard InChI is InChI=1S/C9H16N4/c1-7-2-4-8(5-3-7)6-9-10-12-13-11-9/h7-8H,2-6H2,1H3,(H,10,11,12,13). The number of H-pyrrole nitrogens is 1. The Labute approximate surface area is 78.1 Å². The predicted molar refractivity (Wildman–Crippen MR) is 49.0 cm³/mol. The second kappa shape index (κ2) is 3.85. The molecule has 1 N–H and O–H groups in total. The highest BCUT2D eigenvalue weighted by atomic mass is 15.5. The summed E-state index contributed by atoms with van der Waals surface area (Å²) in [7, 11) is 0. The van der Waals surface area contributed by atoms with E-state index in [-0.39, 0.29) is 0 Å². The zero-order valence-electron chi connectivity index (χ0n) is 8.03. The minimum atomic E-state index is 0.786. The maximum atomic E-state index is 3.98. The summed E-state index contributed by atoms with van der Waals surface area (Å²) in [6.07, 6.45) is 6.39. The smallest absolute Gasteiger partial charge is 0.174 e. The minimum absolute atomic E-state index is 0.786. The first-order valence-electron chi connectivity index (χ1n) is 5.07. The maximum absolute atomic E-state index is 3.98. The van der Waals surface area contributed by atoms with E-state index in [2.05, 4.69) is 27.5 Å². The molecule has 1 heterocycles. The Bertz CT molecular complexity index is 236. The molecule has 1 saturated carbocycles. The van der Waals surface area contributed by atoms with Crippen LogP contribution in [-0.4, -0.2) is 20.6 Å². The van der Waals surface area contributed by atoms with Gasteiger partial charge < -0.3 is 0 Å². The van der Waals surface area contributed by atoms with E-state index in [9.17, 15) is 0 Å². The van der Waals surface area contributed by atoms with Crippen molar-refractivity contribution < 1.29 is 0 Å². The molecule has 0 unspecified atom stereocenters. The van der Waals surface area contributed by atoms with Gasteiger partial charge >= 0.3 is 0 Å². The highest BCUT2D eigenvalue weighted by Crippen LogP contribution is 2.29. The van der Waals surface area contributed by atoms with E-state index >= 15 is 0 Å². The van der Waals surface area contributed by atoms with E-state index in [4.69, 9.17) is 0 Å². The van der Waals surface area contributed by atoms with Gasteiger partial charge in [-0.3, -0.25) is 0 Å². The summed E-state index contributed by atoms with van der Waals surface area (Å²) in [4.78, 5) is 0. The number of hydrogen-bond donors (Lipinski definition) is 1. The van der Waals surface area contributed by atoms with E-state index in [1.807, 2.05) is 0 Å². The molecule has 0 bridgehead atoms. The second-order valence-electron chi connectivity index (χ2n) is 4.16. The molecule has 0 aliphatic heterocycles. The molecule has 4 nitrogen and oxygen atoms in total. The first-order chi connectivity index (χ1) is 6.34. The number of hydrogen-bond acceptors (Lipinski definition) is 3. The molecule has 13 heavy (non-hydrogen) atoms. The van der Waals surface area contributed by atoms with Crippen LogP contribution in [0.4, 0.5) is 0 Å². The largest absolute Gasteiger partial charge is 0.177 e. The molecule has 0 saturated heterocycles. The zero-order chi connectivity index (χ0) is 9.10. The van der Waals surface area contributed by atoms with Crippen molar-refractivity contribution >= 4 is 0 Å². The molecule has 72 valence electrons. The average Bonchev–Trinajstić information content (AvgIpc) is 2.62. The highest BCUT2D eigenvalue weighted by molar-refractivity contribution is 4.82. The van der Waals surface area contributed by atoms with Gasteiger partial charge in [-0.15, -0.1) is 10.2 Å². The second-order valence-corrected chi connectivity index (χ2v) is 4.16. The fraction of sp³-hybridized carbons (Fsp3) is 0.889. The summed E-state index contributed by atoms with van der Waals surface area (Å²) in [5.41, 5.74) is 0. The summed E-state index contributed by atoms with van der Waals surface area (Å²) in [5.74, 6) is 2.58. The van der Waals surface area contributed by atoms with Crippen LogP contribution in [-0.2, 0) is 6.42 Å². The van der Waals surface area contributed by atoms with Crippen LogP contribution >= 0.6 is 0 Å². The molecule has 1 aliphatic carbocycles. The lowest BCUT2D eigenvalue weighted by Crippen LogP contribution is -2.15. The summed E-state index contributed by atoms with van der Waals surface area (Å²) in [5, 5.41) is 14.0. The van der Waals surface area contributed by atoms with Gasteiger partial charge in [0.05, 0.1) is 0 Å². The molecule has 0 spiro atoms. The Kier molecular flexibility index (Phi) is 2.57. The molecule has 1 fully saturated rings. The van der Waals surface area contributed by atoms with Crippen molar-refractivity contribution in [3.63, 3.8) is 0 Å². The Morgan fingerprint density at radius 1 is 1.31 bits per heavy atom. The highest BCUT2D eigenvalue weighted by Gasteiger charge is 2.19. The number of nitrogens with one attached hydrogen (secondary N) is 1. The lowest BCUT2D eigenvalue weighted by Gasteiger charge is -2.24. The van der Waals surface area contributed by atoms with Crippen LogP contribution in [0.1, 0.15) is 38.4 Å². The number of aromatic nitrogens is 4. The van der Waals surface area contributed by atoms with Crippen molar-refractivity contribution in [3.8, 4) is 0 Å². The molecule has 0 atom stereocenters. The molecule has 0 amide bonds. The first-order valence-corrected chi connectivity index (χ1v) is 5.07. The summed E-state index contributed by atoms with van der Waals surface area (Å²) >= 11 is 0. The van der Waals surface area contributed by atoms with Crippen molar-refractivity contribution in [2.45, 2.75) is 39.0 Å². The fourth-order valence-corrected chi connectivity index (χ4v) is 2.06. The third kappa shape index (κ3) is 2.26. The zero-order valence-corrected chi connectivity index (χ0v) is 8.03. The van der Waals surface area contributed by atoms with Crippen molar-refractivity contribution in [1.29, 1.82) is 0 Å². The molecule has 0 radical (unpaired) electrons. The molecule has 1 aromatic rings. The van der Waals surface area contributed by atoms with Crippen LogP contribution in [0.2, 0.25) is 0 Å². The van der Waals surface area contributed by atoms with Crippen LogP contribution in [0, 0.1) is 11.8 Å². The summed E-state index contributed by atoms with van der Waals surface area (Å²) < 4.78 is 0. The Morgan fingerprint density at radius 2 is 2.08 bits per heavy atom. The fourth-order valence-electron chi connectivity index (χ4n) is 2.06. The SMILES string of the molecule is CC1CCC(Cc2nn[nH]n2)CC1. The van der Waals surface area contributed by atoms with E-state index < -0.39 is 0 Å². The van der Waals surface area contributed by atoms with Gasteiger partial charge in [0.2, 0.25) is 0 Å². The third-order valence-corrected chi connectivity index (χ3v) is 3.00. The molecule has 0 aromatic carbocycles. The van der Waals surface area contributed by atoms with Crippen molar-refractivity contribution in [2.24, 2.45) is 11.8 Å². The molecular formula is C9H16N4. The van der Waals surface area contributed by atoms with Crippen LogP contribution < -0.4 is 0 Å². The predicted octanol–water partition coefficient (Wildman–Crippen LogP) is 1.57. The minimum Gasteiger partial charge on any atom is -0.177 e. The van der Waals surface area contributed by atoms with E-state index in [0.717, 1.165) is 24.1 Å². The quantitative estimate of drug-likeness (QED) is 0.751. The van der Waals surface area contributed by atoms with Crippen LogP contribution in [0.3, 0.4) is 0 Å². The Balaban J connectivity index is 1.83. The van der Waals surface area contributed by atoms with E-state index in [0.29, 0.717) is 0 Å². The topological polar surface area (TPSA) is 54.5 Å². The van der Waals surface area contributed by atoms with E-state index in [1.54, 1.807) is 0 Å². The van der Waals surface area contributed by atoms with Gasteiger partial charge in [0.1, 0.15) is 0 Å². The van der Waals surface area contributed by atoms with Crippen molar-refractivity contribution in [1.82, 2.24) is 20.6 Å². The van der Waals surface area contributed by atoms with Gasteiger partial charge in [0, 0.05) is 6.42 Å². The first kappa shape index (κ1) is 8.66. The van der Waals surface area contributed by atoms with Gasteiger partial charge in [-0.25, -0.2) is 0 Å². The van der Waals surface area contributed by atoms with E-state index in [1.165, 1.54) is 25.7 Å². The van der Waals surface area contributed by atoms with Gasteiger partial charge in [-0.05, 0) is 24.7 Å². The van der Waals surface area contributed by atoms with Crippen molar-refractivity contribution in [2.75, 3.05) is 0 Å². The van der Waals surface area contributed by atoms with Gasteiger partial charge in [-0.1, -0.05) is 25.0 Å². The Morgan fingerprint density at radius 3 is 2.69 bits per heavy atom. The van der Waals surface area contributed by atoms with Crippen LogP contribution in [0.25, 0.3) is 0 Å². The molecule has 2 rings (SSSR count). The number of tetrazole rings is 1.